The SMILES string of the molecule is Cc1c(-[n+]2cc3ccccc3cc2C)cccc1-[n+]1c(C)ccc2ccccc21. The third-order valence-corrected chi connectivity index (χ3v) is 5.82. The molecule has 0 atom stereocenters. The van der Waals surface area contributed by atoms with Crippen LogP contribution in [0.25, 0.3) is 33.1 Å². The fourth-order valence-electron chi connectivity index (χ4n) is 4.30. The van der Waals surface area contributed by atoms with Crippen LogP contribution in [0.2, 0.25) is 0 Å². The van der Waals surface area contributed by atoms with Crippen molar-refractivity contribution in [1.82, 2.24) is 0 Å². The summed E-state index contributed by atoms with van der Waals surface area (Å²) in [6.45, 7) is 6.57. The van der Waals surface area contributed by atoms with Crippen molar-refractivity contribution in [3.05, 3.63) is 108 Å². The van der Waals surface area contributed by atoms with E-state index in [2.05, 4.69) is 121 Å². The van der Waals surface area contributed by atoms with Crippen molar-refractivity contribution in [3.8, 4) is 11.4 Å². The molecule has 0 saturated heterocycles. The van der Waals surface area contributed by atoms with E-state index < -0.39 is 0 Å². The third-order valence-electron chi connectivity index (χ3n) is 5.82. The van der Waals surface area contributed by atoms with Crippen molar-refractivity contribution in [3.63, 3.8) is 0 Å². The van der Waals surface area contributed by atoms with E-state index in [1.807, 2.05) is 0 Å². The lowest BCUT2D eigenvalue weighted by Gasteiger charge is -2.09. The van der Waals surface area contributed by atoms with Gasteiger partial charge in [0.05, 0.1) is 5.56 Å². The van der Waals surface area contributed by atoms with E-state index in [1.54, 1.807) is 0 Å². The summed E-state index contributed by atoms with van der Waals surface area (Å²) in [7, 11) is 0. The lowest BCUT2D eigenvalue weighted by molar-refractivity contribution is -0.604. The molecule has 0 bridgehead atoms. The molecule has 0 radical (unpaired) electrons. The van der Waals surface area contributed by atoms with Crippen LogP contribution in [0, 0.1) is 20.8 Å². The summed E-state index contributed by atoms with van der Waals surface area (Å²) in [5, 5.41) is 3.77. The Kier molecular flexibility index (Phi) is 4.13. The molecule has 0 fully saturated rings. The number of para-hydroxylation sites is 1. The van der Waals surface area contributed by atoms with E-state index in [0.717, 1.165) is 0 Å². The largest absolute Gasteiger partial charge is 0.221 e. The van der Waals surface area contributed by atoms with Crippen LogP contribution < -0.4 is 9.13 Å². The van der Waals surface area contributed by atoms with Crippen molar-refractivity contribution in [2.24, 2.45) is 0 Å². The van der Waals surface area contributed by atoms with Crippen LogP contribution in [-0.4, -0.2) is 0 Å². The number of aryl methyl sites for hydroxylation is 2. The Bertz CT molecular complexity index is 1380. The predicted octanol–water partition coefficient (Wildman–Crippen LogP) is 5.47. The highest BCUT2D eigenvalue weighted by Gasteiger charge is 2.24. The molecule has 2 heterocycles. The van der Waals surface area contributed by atoms with Crippen LogP contribution in [0.5, 0.6) is 0 Å². The van der Waals surface area contributed by atoms with Crippen molar-refractivity contribution in [1.29, 1.82) is 0 Å². The van der Waals surface area contributed by atoms with Gasteiger partial charge in [0.1, 0.15) is 0 Å². The zero-order valence-electron chi connectivity index (χ0n) is 17.1. The lowest BCUT2D eigenvalue weighted by Crippen LogP contribution is -2.39. The molecular formula is C27H24N2+2. The molecule has 0 unspecified atom stereocenters. The van der Waals surface area contributed by atoms with Gasteiger partial charge in [0.2, 0.25) is 16.9 Å². The highest BCUT2D eigenvalue weighted by molar-refractivity contribution is 5.81. The van der Waals surface area contributed by atoms with Gasteiger partial charge in [-0.1, -0.05) is 30.3 Å². The minimum atomic E-state index is 1.21. The highest BCUT2D eigenvalue weighted by atomic mass is 15.0. The number of aromatic nitrogens is 2. The van der Waals surface area contributed by atoms with Crippen molar-refractivity contribution >= 4 is 21.7 Å². The molecule has 0 saturated carbocycles. The van der Waals surface area contributed by atoms with Gasteiger partial charge in [-0.05, 0) is 36.6 Å². The van der Waals surface area contributed by atoms with Crippen molar-refractivity contribution in [2.45, 2.75) is 20.8 Å². The Hall–Kier alpha value is -3.52. The van der Waals surface area contributed by atoms with Gasteiger partial charge in [0.25, 0.3) is 0 Å². The summed E-state index contributed by atoms with van der Waals surface area (Å²) >= 11 is 0. The van der Waals surface area contributed by atoms with Crippen LogP contribution >= 0.6 is 0 Å². The molecule has 5 aromatic rings. The Morgan fingerprint density at radius 2 is 1.24 bits per heavy atom. The van der Waals surface area contributed by atoms with Gasteiger partial charge in [-0.25, -0.2) is 0 Å². The van der Waals surface area contributed by atoms with Gasteiger partial charge in [-0.2, -0.15) is 9.13 Å². The average Bonchev–Trinajstić information content (AvgIpc) is 2.74. The summed E-state index contributed by atoms with van der Waals surface area (Å²) in [4.78, 5) is 0. The molecule has 0 aliphatic heterocycles. The van der Waals surface area contributed by atoms with Crippen molar-refractivity contribution in [2.75, 3.05) is 0 Å². The minimum Gasteiger partial charge on any atom is -0.164 e. The zero-order chi connectivity index (χ0) is 20.0. The van der Waals surface area contributed by atoms with E-state index in [-0.39, 0.29) is 0 Å². The maximum atomic E-state index is 2.37. The quantitative estimate of drug-likeness (QED) is 0.361. The molecule has 5 rings (SSSR count). The molecule has 2 nitrogen and oxygen atoms in total. The summed E-state index contributed by atoms with van der Waals surface area (Å²) in [5.74, 6) is 0. The monoisotopic (exact) mass is 376 g/mol. The third kappa shape index (κ3) is 2.89. The van der Waals surface area contributed by atoms with Crippen LogP contribution in [0.3, 0.4) is 0 Å². The van der Waals surface area contributed by atoms with Crippen LogP contribution in [0.1, 0.15) is 17.0 Å². The zero-order valence-corrected chi connectivity index (χ0v) is 17.1. The average molecular weight is 377 g/mol. The van der Waals surface area contributed by atoms with E-state index >= 15 is 0 Å². The summed E-state index contributed by atoms with van der Waals surface area (Å²) in [6.07, 6.45) is 2.25. The molecule has 0 spiro atoms. The molecule has 0 aliphatic carbocycles. The lowest BCUT2D eigenvalue weighted by atomic mass is 10.1. The number of rotatable bonds is 2. The van der Waals surface area contributed by atoms with Gasteiger partial charge in [-0.15, -0.1) is 0 Å². The molecule has 2 heteroatoms. The first kappa shape index (κ1) is 17.6. The van der Waals surface area contributed by atoms with Gasteiger partial charge in [-0.3, -0.25) is 0 Å². The molecule has 140 valence electrons. The molecule has 3 aromatic carbocycles. The topological polar surface area (TPSA) is 7.76 Å². The van der Waals surface area contributed by atoms with Crippen LogP contribution in [-0.2, 0) is 0 Å². The van der Waals surface area contributed by atoms with Gasteiger partial charge >= 0.3 is 0 Å². The Morgan fingerprint density at radius 3 is 2.07 bits per heavy atom. The molecular weight excluding hydrogens is 352 g/mol. The minimum absolute atomic E-state index is 1.21. The Balaban J connectivity index is 1.78. The maximum absolute atomic E-state index is 2.37. The van der Waals surface area contributed by atoms with Crippen LogP contribution in [0.15, 0.2) is 91.1 Å². The fourth-order valence-corrected chi connectivity index (χ4v) is 4.30. The first-order valence-corrected chi connectivity index (χ1v) is 10.1. The first-order chi connectivity index (χ1) is 14.1. The van der Waals surface area contributed by atoms with Gasteiger partial charge in [0, 0.05) is 55.0 Å². The summed E-state index contributed by atoms with van der Waals surface area (Å²) in [6, 6.07) is 30.4. The predicted molar refractivity (Wildman–Crippen MR) is 119 cm³/mol. The number of fused-ring (bicyclic) bond motifs is 2. The number of nitrogens with zero attached hydrogens (tertiary/aromatic N) is 2. The standard InChI is InChI=1S/C27H24N2/c1-19-15-16-22-9-6-7-12-27(22)29(19)26-14-8-13-25(21(26)3)28-18-24-11-5-4-10-23(24)17-20(28)2/h4-18H,1-3H3/q+2. The van der Waals surface area contributed by atoms with E-state index in [0.29, 0.717) is 0 Å². The molecule has 0 aliphatic rings. The molecule has 0 amide bonds. The van der Waals surface area contributed by atoms with Gasteiger partial charge in [0.15, 0.2) is 17.6 Å². The molecule has 2 aromatic heterocycles. The number of benzene rings is 3. The van der Waals surface area contributed by atoms with Crippen molar-refractivity contribution < 1.29 is 9.13 Å². The van der Waals surface area contributed by atoms with E-state index in [9.17, 15) is 0 Å². The normalized spacial score (nSPS) is 11.3. The Morgan fingerprint density at radius 1 is 0.552 bits per heavy atom. The van der Waals surface area contributed by atoms with Gasteiger partial charge < -0.3 is 0 Å². The fraction of sp³-hybridized carbons (Fsp3) is 0.111. The molecule has 29 heavy (non-hydrogen) atoms. The second kappa shape index (κ2) is 6.82. The summed E-state index contributed by atoms with van der Waals surface area (Å²) < 4.78 is 4.67. The summed E-state index contributed by atoms with van der Waals surface area (Å²) in [5.41, 5.74) is 7.38. The first-order valence-electron chi connectivity index (χ1n) is 10.1. The number of hydrogen-bond acceptors (Lipinski definition) is 0. The number of pyridine rings is 2. The van der Waals surface area contributed by atoms with E-state index in [1.165, 1.54) is 50.0 Å². The maximum Gasteiger partial charge on any atom is 0.221 e. The number of hydrogen-bond donors (Lipinski definition) is 0. The van der Waals surface area contributed by atoms with E-state index in [4.69, 9.17) is 0 Å². The Labute approximate surface area is 171 Å². The smallest absolute Gasteiger partial charge is 0.164 e. The van der Waals surface area contributed by atoms with Crippen LogP contribution in [0.4, 0.5) is 0 Å². The second-order valence-corrected chi connectivity index (χ2v) is 7.70. The molecule has 0 N–H and O–H groups in total. The second-order valence-electron chi connectivity index (χ2n) is 7.70. The highest BCUT2D eigenvalue weighted by Crippen LogP contribution is 2.20.